The smallest absolute Gasteiger partial charge is 0.125 e. The first kappa shape index (κ1) is 10.5. The van der Waals surface area contributed by atoms with E-state index in [2.05, 4.69) is 0 Å². The summed E-state index contributed by atoms with van der Waals surface area (Å²) < 4.78 is 5.62. The Bertz CT molecular complexity index is 376. The highest BCUT2D eigenvalue weighted by Crippen LogP contribution is 2.46. The van der Waals surface area contributed by atoms with Crippen molar-refractivity contribution >= 4 is 0 Å². The Morgan fingerprint density at radius 3 is 2.73 bits per heavy atom. The maximum atomic E-state index is 10.7. The van der Waals surface area contributed by atoms with Gasteiger partial charge >= 0.3 is 0 Å². The summed E-state index contributed by atoms with van der Waals surface area (Å²) in [6.45, 7) is 4.63. The Morgan fingerprint density at radius 1 is 1.40 bits per heavy atom. The molecule has 0 aliphatic carbocycles. The molecule has 1 aromatic rings. The van der Waals surface area contributed by atoms with Crippen LogP contribution in [0, 0.1) is 5.41 Å². The molecule has 0 aromatic heterocycles. The average molecular weight is 207 g/mol. The first-order valence-corrected chi connectivity index (χ1v) is 5.16. The van der Waals surface area contributed by atoms with Gasteiger partial charge in [0.15, 0.2) is 0 Å². The van der Waals surface area contributed by atoms with Gasteiger partial charge in [-0.25, -0.2) is 0 Å². The molecule has 1 heterocycles. The van der Waals surface area contributed by atoms with Gasteiger partial charge < -0.3 is 15.6 Å². The summed E-state index contributed by atoms with van der Waals surface area (Å²) in [5.74, 6) is 0.741. The van der Waals surface area contributed by atoms with Gasteiger partial charge in [0.2, 0.25) is 0 Å². The van der Waals surface area contributed by atoms with Crippen LogP contribution >= 0.6 is 0 Å². The predicted octanol–water partition coefficient (Wildman–Crippen LogP) is 1.25. The van der Waals surface area contributed by atoms with Gasteiger partial charge in [-0.2, -0.15) is 0 Å². The number of hydrogen-bond acceptors (Lipinski definition) is 3. The summed E-state index contributed by atoms with van der Waals surface area (Å²) in [6, 6.07) is 7.53. The molecule has 0 saturated heterocycles. The molecule has 2 rings (SSSR count). The van der Waals surface area contributed by atoms with E-state index >= 15 is 0 Å². The molecule has 3 N–H and O–H groups in total. The molecule has 1 unspecified atom stereocenters. The van der Waals surface area contributed by atoms with Crippen LogP contribution in [0.25, 0.3) is 0 Å². The van der Waals surface area contributed by atoms with E-state index in [1.807, 2.05) is 38.1 Å². The Kier molecular flexibility index (Phi) is 2.24. The van der Waals surface area contributed by atoms with Crippen LogP contribution in [0.15, 0.2) is 24.3 Å². The minimum Gasteiger partial charge on any atom is -0.493 e. The molecule has 0 fully saturated rings. The number of ether oxygens (including phenoxy) is 1. The van der Waals surface area contributed by atoms with E-state index in [4.69, 9.17) is 10.5 Å². The van der Waals surface area contributed by atoms with Gasteiger partial charge in [-0.05, 0) is 6.07 Å². The lowest BCUT2D eigenvalue weighted by Crippen LogP contribution is -2.53. The molecular weight excluding hydrogens is 190 g/mol. The van der Waals surface area contributed by atoms with Gasteiger partial charge in [-0.1, -0.05) is 32.0 Å². The van der Waals surface area contributed by atoms with Gasteiger partial charge in [0, 0.05) is 17.5 Å². The van der Waals surface area contributed by atoms with E-state index in [1.54, 1.807) is 0 Å². The topological polar surface area (TPSA) is 55.5 Å². The average Bonchev–Trinajstić information content (AvgIpc) is 2.24. The molecule has 0 amide bonds. The summed E-state index contributed by atoms with van der Waals surface area (Å²) in [7, 11) is 0. The molecule has 15 heavy (non-hydrogen) atoms. The number of hydrogen-bond donors (Lipinski definition) is 2. The van der Waals surface area contributed by atoms with Crippen LogP contribution in [0.2, 0.25) is 0 Å². The van der Waals surface area contributed by atoms with Gasteiger partial charge in [0.25, 0.3) is 0 Å². The van der Waals surface area contributed by atoms with Crippen LogP contribution in [-0.2, 0) is 5.60 Å². The molecular formula is C12H17NO2. The lowest BCUT2D eigenvalue weighted by molar-refractivity contribution is -0.102. The van der Waals surface area contributed by atoms with Crippen molar-refractivity contribution in [3.05, 3.63) is 29.8 Å². The van der Waals surface area contributed by atoms with Gasteiger partial charge in [0.1, 0.15) is 11.4 Å². The van der Waals surface area contributed by atoms with Crippen LogP contribution in [0.1, 0.15) is 19.4 Å². The molecule has 3 nitrogen and oxygen atoms in total. The third-order valence-electron chi connectivity index (χ3n) is 3.34. The maximum absolute atomic E-state index is 10.7. The summed E-state index contributed by atoms with van der Waals surface area (Å²) in [5, 5.41) is 10.7. The third kappa shape index (κ3) is 1.34. The van der Waals surface area contributed by atoms with Crippen molar-refractivity contribution in [3.8, 4) is 5.75 Å². The van der Waals surface area contributed by atoms with Crippen molar-refractivity contribution in [1.29, 1.82) is 0 Å². The number of para-hydroxylation sites is 1. The molecule has 0 saturated carbocycles. The molecule has 1 aromatic carbocycles. The molecule has 82 valence electrons. The molecule has 0 bridgehead atoms. The molecule has 1 aliphatic heterocycles. The van der Waals surface area contributed by atoms with Crippen molar-refractivity contribution in [1.82, 2.24) is 0 Å². The Balaban J connectivity index is 2.58. The van der Waals surface area contributed by atoms with E-state index in [1.165, 1.54) is 0 Å². The standard InChI is InChI=1S/C12H17NO2/c1-11(2)8-15-10-6-4-3-5-9(10)12(11,14)7-13/h3-6,14H,7-8,13H2,1-2H3. The number of benzene rings is 1. The fourth-order valence-corrected chi connectivity index (χ4v) is 2.06. The van der Waals surface area contributed by atoms with Gasteiger partial charge in [0.05, 0.1) is 6.61 Å². The molecule has 1 aliphatic rings. The van der Waals surface area contributed by atoms with E-state index in [0.717, 1.165) is 11.3 Å². The summed E-state index contributed by atoms with van der Waals surface area (Å²) >= 11 is 0. The molecule has 3 heteroatoms. The van der Waals surface area contributed by atoms with E-state index in [0.29, 0.717) is 6.61 Å². The van der Waals surface area contributed by atoms with E-state index < -0.39 is 5.60 Å². The first-order valence-electron chi connectivity index (χ1n) is 5.16. The highest BCUT2D eigenvalue weighted by Gasteiger charge is 2.48. The second-order valence-corrected chi connectivity index (χ2v) is 4.73. The zero-order valence-electron chi connectivity index (χ0n) is 9.16. The second-order valence-electron chi connectivity index (χ2n) is 4.73. The van der Waals surface area contributed by atoms with Crippen LogP contribution < -0.4 is 10.5 Å². The minimum atomic E-state index is -0.998. The van der Waals surface area contributed by atoms with E-state index in [-0.39, 0.29) is 12.0 Å². The molecule has 0 radical (unpaired) electrons. The van der Waals surface area contributed by atoms with Crippen molar-refractivity contribution in [3.63, 3.8) is 0 Å². The first-order chi connectivity index (χ1) is 7.01. The van der Waals surface area contributed by atoms with Crippen molar-refractivity contribution in [2.24, 2.45) is 11.1 Å². The number of aliphatic hydroxyl groups is 1. The highest BCUT2D eigenvalue weighted by molar-refractivity contribution is 5.41. The zero-order valence-corrected chi connectivity index (χ0v) is 9.16. The zero-order chi connectivity index (χ0) is 11.1. The normalized spacial score (nSPS) is 28.0. The van der Waals surface area contributed by atoms with Crippen LogP contribution in [0.3, 0.4) is 0 Å². The maximum Gasteiger partial charge on any atom is 0.125 e. The monoisotopic (exact) mass is 207 g/mol. The van der Waals surface area contributed by atoms with Crippen molar-refractivity contribution in [2.75, 3.05) is 13.2 Å². The minimum absolute atomic E-state index is 0.209. The Labute approximate surface area is 89.9 Å². The SMILES string of the molecule is CC1(C)COc2ccccc2C1(O)CN. The largest absolute Gasteiger partial charge is 0.493 e. The number of rotatable bonds is 1. The van der Waals surface area contributed by atoms with Crippen LogP contribution in [-0.4, -0.2) is 18.3 Å². The fourth-order valence-electron chi connectivity index (χ4n) is 2.06. The highest BCUT2D eigenvalue weighted by atomic mass is 16.5. The lowest BCUT2D eigenvalue weighted by atomic mass is 9.69. The third-order valence-corrected chi connectivity index (χ3v) is 3.34. The Hall–Kier alpha value is -1.06. The Morgan fingerprint density at radius 2 is 2.07 bits per heavy atom. The summed E-state index contributed by atoms with van der Waals surface area (Å²) in [4.78, 5) is 0. The molecule has 0 spiro atoms. The fraction of sp³-hybridized carbons (Fsp3) is 0.500. The van der Waals surface area contributed by atoms with Crippen molar-refractivity contribution < 1.29 is 9.84 Å². The van der Waals surface area contributed by atoms with Crippen molar-refractivity contribution in [2.45, 2.75) is 19.4 Å². The number of fused-ring (bicyclic) bond motifs is 1. The van der Waals surface area contributed by atoms with Gasteiger partial charge in [-0.15, -0.1) is 0 Å². The molecule has 1 atom stereocenters. The van der Waals surface area contributed by atoms with E-state index in [9.17, 15) is 5.11 Å². The lowest BCUT2D eigenvalue weighted by Gasteiger charge is -2.46. The second kappa shape index (κ2) is 3.22. The van der Waals surface area contributed by atoms with Crippen LogP contribution in [0.4, 0.5) is 0 Å². The predicted molar refractivity (Wildman–Crippen MR) is 58.7 cm³/mol. The van der Waals surface area contributed by atoms with Gasteiger partial charge in [-0.3, -0.25) is 0 Å². The summed E-state index contributed by atoms with van der Waals surface area (Å²) in [5.41, 5.74) is 5.15. The number of nitrogens with two attached hydrogens (primary N) is 1. The summed E-state index contributed by atoms with van der Waals surface area (Å²) in [6.07, 6.45) is 0. The van der Waals surface area contributed by atoms with Crippen LogP contribution in [0.5, 0.6) is 5.75 Å². The quantitative estimate of drug-likeness (QED) is 0.728.